The van der Waals surface area contributed by atoms with E-state index in [-0.39, 0.29) is 35.6 Å². The molecule has 0 aromatic heterocycles. The van der Waals surface area contributed by atoms with Crippen LogP contribution in [0.2, 0.25) is 0 Å². The summed E-state index contributed by atoms with van der Waals surface area (Å²) in [5.41, 5.74) is 3.22. The molecular formula is C41H34Cl2FN5O6. The van der Waals surface area contributed by atoms with Crippen molar-refractivity contribution in [3.8, 4) is 11.5 Å². The summed E-state index contributed by atoms with van der Waals surface area (Å²) in [5, 5.41) is 20.1. The van der Waals surface area contributed by atoms with Crippen LogP contribution in [-0.4, -0.2) is 59.7 Å². The van der Waals surface area contributed by atoms with Gasteiger partial charge in [-0.1, -0.05) is 23.8 Å². The Morgan fingerprint density at radius 3 is 2.02 bits per heavy atom. The summed E-state index contributed by atoms with van der Waals surface area (Å²) in [4.78, 5) is 57.2. The Hall–Kier alpha value is -5.59. The number of carbonyl (C=O) groups is 4. The molecule has 3 fully saturated rings. The third-order valence-electron chi connectivity index (χ3n) is 11.2. The highest BCUT2D eigenvalue weighted by atomic mass is 35.5. The molecule has 6 atom stereocenters. The van der Waals surface area contributed by atoms with Crippen LogP contribution in [0.3, 0.4) is 0 Å². The quantitative estimate of drug-likeness (QED) is 0.0877. The number of fused-ring (bicyclic) bond motifs is 4. The monoisotopic (exact) mass is 781 g/mol. The number of allylic oxidation sites excluding steroid dienone is 2. The minimum absolute atomic E-state index is 0.0535. The van der Waals surface area contributed by atoms with E-state index in [2.05, 4.69) is 10.2 Å². The molecule has 2 saturated heterocycles. The van der Waals surface area contributed by atoms with Gasteiger partial charge in [0, 0.05) is 31.3 Å². The van der Waals surface area contributed by atoms with E-state index in [1.165, 1.54) is 25.3 Å². The van der Waals surface area contributed by atoms with E-state index >= 15 is 0 Å². The summed E-state index contributed by atoms with van der Waals surface area (Å²) in [6.07, 6.45) is 1.64. The molecular weight excluding hydrogens is 748 g/mol. The molecule has 0 bridgehead atoms. The van der Waals surface area contributed by atoms with Gasteiger partial charge in [0.25, 0.3) is 11.8 Å². The first-order valence-corrected chi connectivity index (χ1v) is 18.3. The lowest BCUT2D eigenvalue weighted by molar-refractivity contribution is -0.125. The van der Waals surface area contributed by atoms with Crippen LogP contribution >= 0.6 is 23.2 Å². The van der Waals surface area contributed by atoms with Crippen molar-refractivity contribution in [1.82, 2.24) is 0 Å². The topological polar surface area (TPSA) is 132 Å². The number of phenols is 1. The number of hydrogen-bond donors (Lipinski definition) is 1. The van der Waals surface area contributed by atoms with Crippen LogP contribution in [0.4, 0.5) is 32.8 Å². The summed E-state index contributed by atoms with van der Waals surface area (Å²) < 4.78 is 19.3. The molecule has 1 saturated carbocycles. The molecule has 2 aliphatic heterocycles. The number of phenolic OH excluding ortho intramolecular Hbond substituents is 1. The summed E-state index contributed by atoms with van der Waals surface area (Å²) in [6.45, 7) is 0. The lowest BCUT2D eigenvalue weighted by Gasteiger charge is -2.50. The number of rotatable bonds is 7. The molecule has 4 aromatic rings. The maximum Gasteiger partial charge on any atom is 0.258 e. The predicted octanol–water partition coefficient (Wildman–Crippen LogP) is 7.79. The largest absolute Gasteiger partial charge is 0.504 e. The Labute approximate surface area is 325 Å². The number of anilines is 3. The molecule has 55 heavy (non-hydrogen) atoms. The minimum Gasteiger partial charge on any atom is -0.504 e. The molecule has 14 heteroatoms. The zero-order valence-electron chi connectivity index (χ0n) is 29.8. The van der Waals surface area contributed by atoms with Gasteiger partial charge in [-0.05, 0) is 97.6 Å². The first-order chi connectivity index (χ1) is 26.3. The van der Waals surface area contributed by atoms with Gasteiger partial charge in [-0.15, -0.1) is 23.2 Å². The maximum atomic E-state index is 14.6. The number of azo groups is 1. The molecule has 2 heterocycles. The van der Waals surface area contributed by atoms with Crippen molar-refractivity contribution in [1.29, 1.82) is 0 Å². The molecule has 4 aliphatic rings. The first kappa shape index (κ1) is 36.4. The van der Waals surface area contributed by atoms with Crippen LogP contribution in [0.1, 0.15) is 24.3 Å². The number of para-hydroxylation sites is 1. The zero-order chi connectivity index (χ0) is 39.0. The van der Waals surface area contributed by atoms with Crippen LogP contribution in [0.15, 0.2) is 113 Å². The fourth-order valence-corrected chi connectivity index (χ4v) is 9.46. The Balaban J connectivity index is 1.16. The van der Waals surface area contributed by atoms with Crippen molar-refractivity contribution >= 4 is 75.3 Å². The average molecular weight is 783 g/mol. The number of alkyl halides is 2. The van der Waals surface area contributed by atoms with Gasteiger partial charge in [-0.25, -0.2) is 9.29 Å². The average Bonchev–Trinajstić information content (AvgIpc) is 3.52. The van der Waals surface area contributed by atoms with Crippen molar-refractivity contribution < 1.29 is 33.4 Å². The second-order valence-corrected chi connectivity index (χ2v) is 15.5. The van der Waals surface area contributed by atoms with E-state index in [9.17, 15) is 28.7 Å². The normalized spacial score (nSPS) is 27.3. The van der Waals surface area contributed by atoms with Crippen LogP contribution in [0, 0.1) is 23.6 Å². The highest BCUT2D eigenvalue weighted by Crippen LogP contribution is 2.67. The van der Waals surface area contributed by atoms with Crippen molar-refractivity contribution in [2.24, 2.45) is 28.0 Å². The number of carbonyl (C=O) groups excluding carboxylic acids is 4. The van der Waals surface area contributed by atoms with Crippen molar-refractivity contribution in [3.05, 3.63) is 114 Å². The van der Waals surface area contributed by atoms with Gasteiger partial charge < -0.3 is 14.7 Å². The third kappa shape index (κ3) is 5.44. The predicted molar refractivity (Wildman–Crippen MR) is 205 cm³/mol. The van der Waals surface area contributed by atoms with Crippen molar-refractivity contribution in [2.45, 2.75) is 28.5 Å². The molecule has 2 aliphatic carbocycles. The van der Waals surface area contributed by atoms with Gasteiger partial charge in [0.05, 0.1) is 41.7 Å². The van der Waals surface area contributed by atoms with Crippen LogP contribution < -0.4 is 19.4 Å². The number of methoxy groups -OCH3 is 1. The van der Waals surface area contributed by atoms with Crippen molar-refractivity contribution in [3.63, 3.8) is 0 Å². The zero-order valence-corrected chi connectivity index (χ0v) is 31.3. The fraction of sp³-hybridized carbons (Fsp3) is 0.268. The number of aromatic hydroxyl groups is 1. The molecule has 4 amide bonds. The van der Waals surface area contributed by atoms with Gasteiger partial charge in [0.2, 0.25) is 11.8 Å². The molecule has 1 N–H and O–H groups in total. The summed E-state index contributed by atoms with van der Waals surface area (Å²) in [7, 11) is 5.26. The third-order valence-corrected chi connectivity index (χ3v) is 12.6. The molecule has 8 rings (SSSR count). The SMILES string of the molecule is COc1cccc(C2C3=CCC4C(=O)N(c5ccc(N=Nc6ccc(N(C)C)cc6)cc5)C(=O)C4C3CC3(Cl)C(=O)N(c4ccc(F)cc4)C(=O)C23Cl)c1O. The smallest absolute Gasteiger partial charge is 0.258 e. The number of nitrogens with zero attached hydrogens (tertiary/aromatic N) is 5. The van der Waals surface area contributed by atoms with Crippen LogP contribution in [0.25, 0.3) is 0 Å². The fourth-order valence-electron chi connectivity index (χ4n) is 8.54. The maximum absolute atomic E-state index is 14.6. The number of ether oxygens (including phenoxy) is 1. The van der Waals surface area contributed by atoms with Gasteiger partial charge in [0.1, 0.15) is 5.82 Å². The van der Waals surface area contributed by atoms with E-state index in [4.69, 9.17) is 27.9 Å². The molecule has 11 nitrogen and oxygen atoms in total. The molecule has 6 unspecified atom stereocenters. The lowest BCUT2D eigenvalue weighted by atomic mass is 9.56. The number of hydrogen-bond acceptors (Lipinski definition) is 9. The van der Waals surface area contributed by atoms with Gasteiger partial charge in [-0.2, -0.15) is 10.2 Å². The lowest BCUT2D eigenvalue weighted by Crippen LogP contribution is -2.60. The highest BCUT2D eigenvalue weighted by Gasteiger charge is 2.77. The number of benzene rings is 4. The molecule has 280 valence electrons. The summed E-state index contributed by atoms with van der Waals surface area (Å²) in [5.74, 6) is -7.29. The Morgan fingerprint density at radius 2 is 1.40 bits per heavy atom. The number of amides is 4. The number of imide groups is 2. The van der Waals surface area contributed by atoms with Gasteiger partial charge in [0.15, 0.2) is 21.2 Å². The van der Waals surface area contributed by atoms with E-state index in [1.807, 2.05) is 43.3 Å². The van der Waals surface area contributed by atoms with Crippen LogP contribution in [-0.2, 0) is 19.2 Å². The second kappa shape index (κ2) is 13.3. The molecule has 0 spiro atoms. The highest BCUT2D eigenvalue weighted by molar-refractivity contribution is 6.58. The second-order valence-electron chi connectivity index (χ2n) is 14.3. The van der Waals surface area contributed by atoms with E-state index in [0.717, 1.165) is 27.6 Å². The van der Waals surface area contributed by atoms with Crippen LogP contribution in [0.5, 0.6) is 11.5 Å². The Bertz CT molecular complexity index is 2320. The first-order valence-electron chi connectivity index (χ1n) is 17.6. The Morgan fingerprint density at radius 1 is 0.800 bits per heavy atom. The Kier molecular flexibility index (Phi) is 8.81. The molecule has 4 aromatic carbocycles. The van der Waals surface area contributed by atoms with Gasteiger partial charge in [-0.3, -0.25) is 24.1 Å². The number of halogens is 3. The van der Waals surface area contributed by atoms with E-state index in [1.54, 1.807) is 42.5 Å². The minimum atomic E-state index is -2.21. The van der Waals surface area contributed by atoms with E-state index < -0.39 is 62.9 Å². The summed E-state index contributed by atoms with van der Waals surface area (Å²) >= 11 is 14.8. The van der Waals surface area contributed by atoms with Crippen molar-refractivity contribution in [2.75, 3.05) is 35.9 Å². The standard InChI is InChI=1S/C41H34Cl2FN5O6/c1-47(2)25-15-9-23(10-16-25)45-46-24-11-17-26(18-12-24)48-36(51)29-20-19-28-31(33(29)37(48)52)21-40(42)38(53)49(27-13-7-22(44)8-14-27)39(54)41(40,43)34(28)30-5-4-6-32(55-3)35(30)50/h4-19,29,31,33-34,50H,20-21H2,1-3H3. The van der Waals surface area contributed by atoms with Gasteiger partial charge >= 0.3 is 0 Å². The molecule has 0 radical (unpaired) electrons. The summed E-state index contributed by atoms with van der Waals surface area (Å²) in [6, 6.07) is 23.6. The van der Waals surface area contributed by atoms with E-state index in [0.29, 0.717) is 22.6 Å².